The van der Waals surface area contributed by atoms with E-state index in [1.54, 1.807) is 18.2 Å². The van der Waals surface area contributed by atoms with Crippen molar-refractivity contribution in [2.45, 2.75) is 26.2 Å². The van der Waals surface area contributed by atoms with E-state index in [2.05, 4.69) is 22.5 Å². The standard InChI is InChI=1S/C17H25Cl2N3O.ClH/c1-2-9-22(11-13-5-7-20-8-6-13)12-17(23)21-16-4-3-14(18)10-15(16)19;/h3-4,10,13,20H,2,5-9,11-12H2,1H3,(H,21,23);1H. The van der Waals surface area contributed by atoms with Gasteiger partial charge in [0.05, 0.1) is 17.3 Å². The van der Waals surface area contributed by atoms with Crippen LogP contribution in [0.1, 0.15) is 26.2 Å². The predicted molar refractivity (Wildman–Crippen MR) is 105 cm³/mol. The zero-order valence-electron chi connectivity index (χ0n) is 14.0. The second-order valence-corrected chi connectivity index (χ2v) is 6.94. The van der Waals surface area contributed by atoms with Crippen LogP contribution < -0.4 is 10.6 Å². The molecule has 24 heavy (non-hydrogen) atoms. The number of carbonyl (C=O) groups is 1. The highest BCUT2D eigenvalue weighted by Crippen LogP contribution is 2.25. The first-order chi connectivity index (χ1) is 11.1. The molecular formula is C17H26Cl3N3O. The largest absolute Gasteiger partial charge is 0.324 e. The third-order valence-corrected chi connectivity index (χ3v) is 4.64. The molecule has 0 radical (unpaired) electrons. The van der Waals surface area contributed by atoms with E-state index in [4.69, 9.17) is 23.2 Å². The first-order valence-corrected chi connectivity index (χ1v) is 9.02. The topological polar surface area (TPSA) is 44.4 Å². The summed E-state index contributed by atoms with van der Waals surface area (Å²) in [6.45, 7) is 6.62. The van der Waals surface area contributed by atoms with E-state index in [0.29, 0.717) is 28.2 Å². The van der Waals surface area contributed by atoms with E-state index >= 15 is 0 Å². The van der Waals surface area contributed by atoms with Gasteiger partial charge in [0.25, 0.3) is 0 Å². The molecule has 136 valence electrons. The summed E-state index contributed by atoms with van der Waals surface area (Å²) < 4.78 is 0. The number of hydrogen-bond acceptors (Lipinski definition) is 3. The number of amides is 1. The Morgan fingerprint density at radius 1 is 1.33 bits per heavy atom. The molecule has 2 rings (SSSR count). The second-order valence-electron chi connectivity index (χ2n) is 6.10. The molecule has 0 bridgehead atoms. The molecule has 1 fully saturated rings. The minimum atomic E-state index is -0.0309. The molecule has 1 aliphatic rings. The molecule has 0 spiro atoms. The third-order valence-electron chi connectivity index (χ3n) is 4.09. The van der Waals surface area contributed by atoms with Gasteiger partial charge in [-0.25, -0.2) is 0 Å². The monoisotopic (exact) mass is 393 g/mol. The summed E-state index contributed by atoms with van der Waals surface area (Å²) in [6, 6.07) is 5.10. The van der Waals surface area contributed by atoms with Crippen LogP contribution in [0.5, 0.6) is 0 Å². The number of rotatable bonds is 7. The van der Waals surface area contributed by atoms with Gasteiger partial charge in [-0.3, -0.25) is 9.69 Å². The van der Waals surface area contributed by atoms with Crippen molar-refractivity contribution >= 4 is 47.2 Å². The number of hydrogen-bond donors (Lipinski definition) is 2. The number of halogens is 3. The Labute approximate surface area is 160 Å². The molecule has 0 saturated carbocycles. The van der Waals surface area contributed by atoms with Gasteiger partial charge in [-0.1, -0.05) is 30.1 Å². The number of nitrogens with one attached hydrogen (secondary N) is 2. The Morgan fingerprint density at radius 3 is 2.67 bits per heavy atom. The summed E-state index contributed by atoms with van der Waals surface area (Å²) in [4.78, 5) is 14.6. The molecule has 7 heteroatoms. The van der Waals surface area contributed by atoms with E-state index in [-0.39, 0.29) is 18.3 Å². The van der Waals surface area contributed by atoms with Gasteiger partial charge in [-0.15, -0.1) is 12.4 Å². The maximum absolute atomic E-state index is 12.3. The fourth-order valence-corrected chi connectivity index (χ4v) is 3.42. The Balaban J connectivity index is 0.00000288. The molecule has 0 aromatic heterocycles. The lowest BCUT2D eigenvalue weighted by molar-refractivity contribution is -0.117. The van der Waals surface area contributed by atoms with Crippen molar-refractivity contribution in [1.82, 2.24) is 10.2 Å². The van der Waals surface area contributed by atoms with Gasteiger partial charge in [0.1, 0.15) is 0 Å². The lowest BCUT2D eigenvalue weighted by Gasteiger charge is -2.29. The fourth-order valence-electron chi connectivity index (χ4n) is 2.96. The highest BCUT2D eigenvalue weighted by Gasteiger charge is 2.18. The van der Waals surface area contributed by atoms with Gasteiger partial charge >= 0.3 is 0 Å². The number of anilines is 1. The van der Waals surface area contributed by atoms with Crippen molar-refractivity contribution in [2.75, 3.05) is 38.0 Å². The number of carbonyl (C=O) groups excluding carboxylic acids is 1. The first kappa shape index (κ1) is 21.5. The van der Waals surface area contributed by atoms with Crippen molar-refractivity contribution in [2.24, 2.45) is 5.92 Å². The van der Waals surface area contributed by atoms with Crippen molar-refractivity contribution in [1.29, 1.82) is 0 Å². The third kappa shape index (κ3) is 7.16. The SMILES string of the molecule is CCCN(CC(=O)Nc1ccc(Cl)cc1Cl)CC1CCNCC1.Cl. The molecular weight excluding hydrogens is 369 g/mol. The van der Waals surface area contributed by atoms with Crippen LogP contribution in [-0.2, 0) is 4.79 Å². The lowest BCUT2D eigenvalue weighted by atomic mass is 9.97. The maximum atomic E-state index is 12.3. The molecule has 1 amide bonds. The molecule has 1 aliphatic heterocycles. The number of piperidine rings is 1. The molecule has 4 nitrogen and oxygen atoms in total. The van der Waals surface area contributed by atoms with Crippen LogP contribution in [0.4, 0.5) is 5.69 Å². The van der Waals surface area contributed by atoms with Crippen molar-refractivity contribution in [3.63, 3.8) is 0 Å². The van der Waals surface area contributed by atoms with E-state index < -0.39 is 0 Å². The summed E-state index contributed by atoms with van der Waals surface area (Å²) in [5.41, 5.74) is 0.611. The average Bonchev–Trinajstić information content (AvgIpc) is 2.51. The first-order valence-electron chi connectivity index (χ1n) is 8.26. The number of benzene rings is 1. The van der Waals surface area contributed by atoms with Crippen LogP contribution in [0, 0.1) is 5.92 Å². The van der Waals surface area contributed by atoms with Gasteiger partial charge in [0, 0.05) is 11.6 Å². The van der Waals surface area contributed by atoms with Crippen LogP contribution >= 0.6 is 35.6 Å². The zero-order valence-corrected chi connectivity index (χ0v) is 16.3. The highest BCUT2D eigenvalue weighted by atomic mass is 35.5. The van der Waals surface area contributed by atoms with Crippen LogP contribution in [0.25, 0.3) is 0 Å². The molecule has 1 aromatic rings. The van der Waals surface area contributed by atoms with Gasteiger partial charge in [0.15, 0.2) is 0 Å². The smallest absolute Gasteiger partial charge is 0.238 e. The van der Waals surface area contributed by atoms with E-state index in [0.717, 1.165) is 32.6 Å². The number of nitrogens with zero attached hydrogens (tertiary/aromatic N) is 1. The quantitative estimate of drug-likeness (QED) is 0.733. The fraction of sp³-hybridized carbons (Fsp3) is 0.588. The van der Waals surface area contributed by atoms with Crippen molar-refractivity contribution in [3.05, 3.63) is 28.2 Å². The lowest BCUT2D eigenvalue weighted by Crippen LogP contribution is -2.40. The van der Waals surface area contributed by atoms with E-state index in [1.165, 1.54) is 12.8 Å². The van der Waals surface area contributed by atoms with Crippen LogP contribution in [0.15, 0.2) is 18.2 Å². The minimum absolute atomic E-state index is 0. The highest BCUT2D eigenvalue weighted by molar-refractivity contribution is 6.36. The van der Waals surface area contributed by atoms with Gasteiger partial charge in [-0.2, -0.15) is 0 Å². The van der Waals surface area contributed by atoms with Crippen LogP contribution in [0.3, 0.4) is 0 Å². The second kappa shape index (κ2) is 11.2. The molecule has 0 unspecified atom stereocenters. The van der Waals surface area contributed by atoms with Crippen molar-refractivity contribution in [3.8, 4) is 0 Å². The van der Waals surface area contributed by atoms with Crippen molar-refractivity contribution < 1.29 is 4.79 Å². The van der Waals surface area contributed by atoms with Gasteiger partial charge < -0.3 is 10.6 Å². The molecule has 2 N–H and O–H groups in total. The Bertz CT molecular complexity index is 522. The maximum Gasteiger partial charge on any atom is 0.238 e. The predicted octanol–water partition coefficient (Wildman–Crippen LogP) is 4.07. The van der Waals surface area contributed by atoms with E-state index in [9.17, 15) is 4.79 Å². The summed E-state index contributed by atoms with van der Waals surface area (Å²) >= 11 is 12.0. The van der Waals surface area contributed by atoms with Crippen LogP contribution in [0.2, 0.25) is 10.0 Å². The normalized spacial score (nSPS) is 15.2. The molecule has 1 saturated heterocycles. The summed E-state index contributed by atoms with van der Waals surface area (Å²) in [6.07, 6.45) is 3.41. The summed E-state index contributed by atoms with van der Waals surface area (Å²) in [5, 5.41) is 7.29. The Morgan fingerprint density at radius 2 is 2.04 bits per heavy atom. The Kier molecular flexibility index (Phi) is 10.0. The molecule has 0 atom stereocenters. The minimum Gasteiger partial charge on any atom is -0.324 e. The van der Waals surface area contributed by atoms with Gasteiger partial charge in [-0.05, 0) is 63.0 Å². The zero-order chi connectivity index (χ0) is 16.7. The average molecular weight is 395 g/mol. The molecule has 1 aromatic carbocycles. The van der Waals surface area contributed by atoms with Gasteiger partial charge in [0.2, 0.25) is 5.91 Å². The summed E-state index contributed by atoms with van der Waals surface area (Å²) in [7, 11) is 0. The summed E-state index contributed by atoms with van der Waals surface area (Å²) in [5.74, 6) is 0.645. The molecule has 1 heterocycles. The Hall–Kier alpha value is -0.520. The molecule has 0 aliphatic carbocycles. The van der Waals surface area contributed by atoms with E-state index in [1.807, 2.05) is 0 Å². The van der Waals surface area contributed by atoms with Crippen LogP contribution in [-0.4, -0.2) is 43.5 Å².